The van der Waals surface area contributed by atoms with Crippen molar-refractivity contribution in [1.29, 1.82) is 0 Å². The Bertz CT molecular complexity index is 356. The van der Waals surface area contributed by atoms with E-state index in [-0.39, 0.29) is 6.04 Å². The van der Waals surface area contributed by atoms with Crippen molar-refractivity contribution in [2.75, 3.05) is 30.4 Å². The van der Waals surface area contributed by atoms with E-state index >= 15 is 0 Å². The Morgan fingerprint density at radius 3 is 2.82 bits per heavy atom. The summed E-state index contributed by atoms with van der Waals surface area (Å²) < 4.78 is 16.3. The fraction of sp³-hybridized carbons (Fsp3) is 0.800. The van der Waals surface area contributed by atoms with E-state index in [1.807, 2.05) is 6.92 Å². The summed E-state index contributed by atoms with van der Waals surface area (Å²) in [6, 6.07) is 0.439. The summed E-state index contributed by atoms with van der Waals surface area (Å²) in [5, 5.41) is 14.0. The van der Waals surface area contributed by atoms with E-state index in [2.05, 4.69) is 27.8 Å². The molecular weight excluding hydrogens is 240 g/mol. The molecule has 6 nitrogen and oxygen atoms in total. The van der Waals surface area contributed by atoms with Gasteiger partial charge in [0.15, 0.2) is 0 Å². The van der Waals surface area contributed by atoms with Crippen molar-refractivity contribution >= 4 is 16.8 Å². The lowest BCUT2D eigenvalue weighted by Gasteiger charge is -2.07. The Labute approximate surface area is 104 Å². The van der Waals surface area contributed by atoms with Crippen LogP contribution in [0.1, 0.15) is 32.2 Å². The summed E-state index contributed by atoms with van der Waals surface area (Å²) in [4.78, 5) is 0. The zero-order chi connectivity index (χ0) is 12.7. The second-order valence-corrected chi connectivity index (χ2v) is 5.38. The summed E-state index contributed by atoms with van der Waals surface area (Å²) in [5.74, 6) is 1.14. The molecular formula is C10H20N4O2S. The standard InChI is InChI=1S/C10H20N4O2S/c1-4-5-11-8(2)9-13-14-10(16-9)12-6-7-17(3)15/h8,11H,4-7H2,1-3H3,(H,12,14). The molecule has 0 aliphatic heterocycles. The lowest BCUT2D eigenvalue weighted by molar-refractivity contribution is 0.423. The summed E-state index contributed by atoms with van der Waals surface area (Å²) in [7, 11) is -0.810. The predicted octanol–water partition coefficient (Wildman–Crippen LogP) is 0.921. The predicted molar refractivity (Wildman–Crippen MR) is 68.4 cm³/mol. The Balaban J connectivity index is 2.39. The van der Waals surface area contributed by atoms with Crippen molar-refractivity contribution in [2.24, 2.45) is 0 Å². The third-order valence-corrected chi connectivity index (χ3v) is 2.96. The van der Waals surface area contributed by atoms with Crippen LogP contribution in [0.3, 0.4) is 0 Å². The van der Waals surface area contributed by atoms with E-state index < -0.39 is 10.8 Å². The number of nitrogens with one attached hydrogen (secondary N) is 2. The second-order valence-electron chi connectivity index (χ2n) is 3.83. The zero-order valence-corrected chi connectivity index (χ0v) is 11.3. The van der Waals surface area contributed by atoms with Crippen LogP contribution in [0.2, 0.25) is 0 Å². The first-order chi connectivity index (χ1) is 8.13. The van der Waals surface area contributed by atoms with Crippen molar-refractivity contribution < 1.29 is 8.63 Å². The molecule has 98 valence electrons. The van der Waals surface area contributed by atoms with Gasteiger partial charge in [0.1, 0.15) is 0 Å². The first kappa shape index (κ1) is 14.1. The fourth-order valence-electron chi connectivity index (χ4n) is 1.23. The van der Waals surface area contributed by atoms with Gasteiger partial charge in [-0.25, -0.2) is 0 Å². The van der Waals surface area contributed by atoms with E-state index in [0.717, 1.165) is 13.0 Å². The van der Waals surface area contributed by atoms with E-state index in [1.54, 1.807) is 6.26 Å². The average Bonchev–Trinajstić information content (AvgIpc) is 2.74. The van der Waals surface area contributed by atoms with Crippen LogP contribution in [0.4, 0.5) is 6.01 Å². The Hall–Kier alpha value is -0.950. The molecule has 0 aromatic carbocycles. The summed E-state index contributed by atoms with van der Waals surface area (Å²) >= 11 is 0. The maximum Gasteiger partial charge on any atom is 0.315 e. The molecule has 7 heteroatoms. The first-order valence-electron chi connectivity index (χ1n) is 5.74. The zero-order valence-electron chi connectivity index (χ0n) is 10.5. The maximum absolute atomic E-state index is 10.9. The molecule has 0 amide bonds. The lowest BCUT2D eigenvalue weighted by Crippen LogP contribution is -2.19. The Morgan fingerprint density at radius 1 is 1.41 bits per heavy atom. The van der Waals surface area contributed by atoms with Gasteiger partial charge >= 0.3 is 6.01 Å². The Morgan fingerprint density at radius 2 is 2.18 bits per heavy atom. The molecule has 2 unspecified atom stereocenters. The average molecular weight is 260 g/mol. The number of nitrogens with zero attached hydrogens (tertiary/aromatic N) is 2. The molecule has 0 aliphatic carbocycles. The smallest absolute Gasteiger partial charge is 0.315 e. The topological polar surface area (TPSA) is 80.0 Å². The van der Waals surface area contributed by atoms with Crippen LogP contribution in [-0.2, 0) is 10.8 Å². The quantitative estimate of drug-likeness (QED) is 0.723. The molecule has 2 atom stereocenters. The van der Waals surface area contributed by atoms with Crippen LogP contribution in [0.25, 0.3) is 0 Å². The number of hydrogen-bond acceptors (Lipinski definition) is 6. The van der Waals surface area contributed by atoms with Gasteiger partial charge in [0.25, 0.3) is 0 Å². The van der Waals surface area contributed by atoms with Crippen molar-refractivity contribution in [3.63, 3.8) is 0 Å². The summed E-state index contributed by atoms with van der Waals surface area (Å²) in [6.45, 7) is 5.57. The molecule has 0 bridgehead atoms. The van der Waals surface area contributed by atoms with Crippen LogP contribution < -0.4 is 10.6 Å². The van der Waals surface area contributed by atoms with Gasteiger partial charge in [-0.1, -0.05) is 12.0 Å². The molecule has 0 saturated heterocycles. The minimum Gasteiger partial charge on any atom is -0.406 e. The third kappa shape index (κ3) is 5.27. The molecule has 1 heterocycles. The highest BCUT2D eigenvalue weighted by Crippen LogP contribution is 2.13. The van der Waals surface area contributed by atoms with Gasteiger partial charge in [0.05, 0.1) is 6.04 Å². The van der Waals surface area contributed by atoms with Crippen molar-refractivity contribution in [3.8, 4) is 0 Å². The maximum atomic E-state index is 10.9. The number of hydrogen-bond donors (Lipinski definition) is 2. The third-order valence-electron chi connectivity index (χ3n) is 2.18. The molecule has 1 rings (SSSR count). The normalized spacial score (nSPS) is 14.5. The molecule has 17 heavy (non-hydrogen) atoms. The van der Waals surface area contributed by atoms with Crippen LogP contribution in [0.5, 0.6) is 0 Å². The van der Waals surface area contributed by atoms with Crippen LogP contribution in [0.15, 0.2) is 4.42 Å². The van der Waals surface area contributed by atoms with Gasteiger partial charge in [-0.3, -0.25) is 4.21 Å². The van der Waals surface area contributed by atoms with Crippen molar-refractivity contribution in [1.82, 2.24) is 15.5 Å². The van der Waals surface area contributed by atoms with E-state index in [0.29, 0.717) is 24.2 Å². The molecule has 0 saturated carbocycles. The van der Waals surface area contributed by atoms with Crippen LogP contribution >= 0.6 is 0 Å². The summed E-state index contributed by atoms with van der Waals surface area (Å²) in [6.07, 6.45) is 2.73. The van der Waals surface area contributed by atoms with Gasteiger partial charge in [0, 0.05) is 29.4 Å². The minimum absolute atomic E-state index is 0.0540. The molecule has 0 spiro atoms. The monoisotopic (exact) mass is 260 g/mol. The fourth-order valence-corrected chi connectivity index (χ4v) is 1.62. The molecule has 1 aromatic rings. The summed E-state index contributed by atoms with van der Waals surface area (Å²) in [5.41, 5.74) is 0. The highest BCUT2D eigenvalue weighted by atomic mass is 32.2. The van der Waals surface area contributed by atoms with Crippen molar-refractivity contribution in [3.05, 3.63) is 5.89 Å². The molecule has 0 fully saturated rings. The van der Waals surface area contributed by atoms with Gasteiger partial charge in [-0.2, -0.15) is 0 Å². The van der Waals surface area contributed by atoms with Gasteiger partial charge in [-0.05, 0) is 19.9 Å². The highest BCUT2D eigenvalue weighted by Gasteiger charge is 2.12. The van der Waals surface area contributed by atoms with E-state index in [9.17, 15) is 4.21 Å². The first-order valence-corrected chi connectivity index (χ1v) is 7.47. The van der Waals surface area contributed by atoms with Crippen molar-refractivity contribution in [2.45, 2.75) is 26.3 Å². The number of anilines is 1. The minimum atomic E-state index is -0.810. The van der Waals surface area contributed by atoms with Crippen LogP contribution in [-0.4, -0.2) is 39.5 Å². The van der Waals surface area contributed by atoms with Gasteiger partial charge < -0.3 is 15.1 Å². The van der Waals surface area contributed by atoms with Crippen LogP contribution in [0, 0.1) is 0 Å². The largest absolute Gasteiger partial charge is 0.406 e. The molecule has 0 aliphatic rings. The molecule has 1 aromatic heterocycles. The van der Waals surface area contributed by atoms with Gasteiger partial charge in [-0.15, -0.1) is 5.10 Å². The SMILES string of the molecule is CCCNC(C)c1nnc(NCCS(C)=O)o1. The number of aromatic nitrogens is 2. The van der Waals surface area contributed by atoms with Gasteiger partial charge in [0.2, 0.25) is 5.89 Å². The van der Waals surface area contributed by atoms with E-state index in [4.69, 9.17) is 4.42 Å². The number of rotatable bonds is 8. The lowest BCUT2D eigenvalue weighted by atomic mass is 10.3. The van der Waals surface area contributed by atoms with E-state index in [1.165, 1.54) is 0 Å². The Kier molecular flexibility index (Phi) is 6.13. The second kappa shape index (κ2) is 7.39. The highest BCUT2D eigenvalue weighted by molar-refractivity contribution is 7.84. The molecule has 2 N–H and O–H groups in total. The molecule has 0 radical (unpaired) electrons.